The normalized spacial score (nSPS) is 23.4. The lowest BCUT2D eigenvalue weighted by Crippen LogP contribution is -2.44. The fourth-order valence-electron chi connectivity index (χ4n) is 2.81. The number of sulfonamides is 1. The summed E-state index contributed by atoms with van der Waals surface area (Å²) in [5.41, 5.74) is 1.50. The quantitative estimate of drug-likeness (QED) is 0.733. The van der Waals surface area contributed by atoms with Crippen molar-refractivity contribution in [1.29, 1.82) is 0 Å². The molecule has 8 heteroatoms. The first-order valence-electron chi connectivity index (χ1n) is 7.23. The summed E-state index contributed by atoms with van der Waals surface area (Å²) in [6, 6.07) is -0.00167. The summed E-state index contributed by atoms with van der Waals surface area (Å²) in [4.78, 5) is 0. The average molecular weight is 332 g/mol. The zero-order chi connectivity index (χ0) is 15.5. The minimum Gasteiger partial charge on any atom is -0.316 e. The van der Waals surface area contributed by atoms with Gasteiger partial charge < -0.3 is 5.32 Å². The van der Waals surface area contributed by atoms with Crippen molar-refractivity contribution < 1.29 is 8.42 Å². The molecule has 1 heterocycles. The lowest BCUT2D eigenvalue weighted by atomic mass is 9.96. The van der Waals surface area contributed by atoms with Gasteiger partial charge in [-0.3, -0.25) is 5.10 Å². The largest absolute Gasteiger partial charge is 0.316 e. The number of hydrogen-bond acceptors (Lipinski definition) is 5. The molecule has 3 N–H and O–H groups in total. The number of nitrogens with one attached hydrogen (secondary N) is 3. The third-order valence-corrected chi connectivity index (χ3v) is 6.59. The van der Waals surface area contributed by atoms with Crippen molar-refractivity contribution in [3.8, 4) is 0 Å². The fourth-order valence-corrected chi connectivity index (χ4v) is 5.34. The summed E-state index contributed by atoms with van der Waals surface area (Å²) in [5.74, 6) is 0. The predicted molar refractivity (Wildman–Crippen MR) is 86.0 cm³/mol. The molecule has 6 nitrogen and oxygen atoms in total. The fraction of sp³-hybridized carbons (Fsp3) is 0.769. The summed E-state index contributed by atoms with van der Waals surface area (Å²) in [6.07, 6.45) is 6.26. The van der Waals surface area contributed by atoms with Gasteiger partial charge in [0.05, 0.1) is 0 Å². The summed E-state index contributed by atoms with van der Waals surface area (Å²) in [5, 5.41) is 10.2. The zero-order valence-electron chi connectivity index (χ0n) is 12.8. The lowest BCUT2D eigenvalue weighted by Gasteiger charge is -2.30. The number of aromatic nitrogens is 2. The number of rotatable bonds is 6. The monoisotopic (exact) mass is 332 g/mol. The van der Waals surface area contributed by atoms with E-state index in [1.54, 1.807) is 18.8 Å². The second-order valence-electron chi connectivity index (χ2n) is 5.45. The highest BCUT2D eigenvalue weighted by Crippen LogP contribution is 2.28. The topological polar surface area (TPSA) is 86.9 Å². The Balaban J connectivity index is 2.22. The molecule has 0 aliphatic heterocycles. The molecule has 0 radical (unpaired) electrons. The average Bonchev–Trinajstić information content (AvgIpc) is 2.82. The van der Waals surface area contributed by atoms with Crippen LogP contribution in [0.3, 0.4) is 0 Å². The Bertz CT molecular complexity index is 571. The molecule has 120 valence electrons. The number of aromatic amines is 1. The van der Waals surface area contributed by atoms with Gasteiger partial charge in [0.25, 0.3) is 10.0 Å². The van der Waals surface area contributed by atoms with E-state index in [0.717, 1.165) is 25.0 Å². The third-order valence-electron chi connectivity index (χ3n) is 3.96. The Morgan fingerprint density at radius 2 is 2.10 bits per heavy atom. The van der Waals surface area contributed by atoms with Crippen LogP contribution in [0.15, 0.2) is 5.03 Å². The van der Waals surface area contributed by atoms with Crippen LogP contribution in [-0.2, 0) is 16.6 Å². The molecule has 2 rings (SSSR count). The summed E-state index contributed by atoms with van der Waals surface area (Å²) < 4.78 is 28.1. The first kappa shape index (κ1) is 16.8. The molecular formula is C13H24N4O2S2. The van der Waals surface area contributed by atoms with E-state index in [1.807, 2.05) is 13.2 Å². The molecule has 1 aliphatic carbocycles. The van der Waals surface area contributed by atoms with Crippen LogP contribution < -0.4 is 10.0 Å². The van der Waals surface area contributed by atoms with Gasteiger partial charge in [0.15, 0.2) is 5.03 Å². The van der Waals surface area contributed by atoms with Crippen LogP contribution in [0.4, 0.5) is 0 Å². The molecule has 2 unspecified atom stereocenters. The molecule has 1 aromatic heterocycles. The molecule has 0 spiro atoms. The molecule has 1 aliphatic rings. The summed E-state index contributed by atoms with van der Waals surface area (Å²) in [7, 11) is -1.79. The molecule has 0 saturated heterocycles. The van der Waals surface area contributed by atoms with Gasteiger partial charge in [-0.25, -0.2) is 13.1 Å². The maximum Gasteiger partial charge on any atom is 0.260 e. The first-order valence-corrected chi connectivity index (χ1v) is 10.00. The highest BCUT2D eigenvalue weighted by atomic mass is 32.2. The Kier molecular flexibility index (Phi) is 5.70. The van der Waals surface area contributed by atoms with Gasteiger partial charge in [0.2, 0.25) is 0 Å². The van der Waals surface area contributed by atoms with Crippen molar-refractivity contribution in [2.45, 2.75) is 55.5 Å². The predicted octanol–water partition coefficient (Wildman–Crippen LogP) is 1.39. The van der Waals surface area contributed by atoms with Crippen LogP contribution in [0.25, 0.3) is 0 Å². The maximum atomic E-state index is 12.6. The van der Waals surface area contributed by atoms with Crippen molar-refractivity contribution in [3.63, 3.8) is 0 Å². The number of thioether (sulfide) groups is 1. The van der Waals surface area contributed by atoms with E-state index in [0.29, 0.717) is 17.4 Å². The van der Waals surface area contributed by atoms with E-state index in [2.05, 4.69) is 20.2 Å². The van der Waals surface area contributed by atoms with Crippen LogP contribution in [0.5, 0.6) is 0 Å². The molecule has 0 bridgehead atoms. The van der Waals surface area contributed by atoms with Gasteiger partial charge >= 0.3 is 0 Å². The van der Waals surface area contributed by atoms with Crippen LogP contribution in [0.1, 0.15) is 36.9 Å². The third kappa shape index (κ3) is 3.80. The first-order chi connectivity index (χ1) is 9.99. The second-order valence-corrected chi connectivity index (χ2v) is 8.16. The van der Waals surface area contributed by atoms with Crippen LogP contribution in [0, 0.1) is 6.92 Å². The van der Waals surface area contributed by atoms with E-state index in [-0.39, 0.29) is 11.1 Å². The van der Waals surface area contributed by atoms with E-state index in [1.165, 1.54) is 6.42 Å². The highest BCUT2D eigenvalue weighted by Gasteiger charge is 2.31. The highest BCUT2D eigenvalue weighted by molar-refractivity contribution is 7.99. The second kappa shape index (κ2) is 7.13. The van der Waals surface area contributed by atoms with Crippen molar-refractivity contribution >= 4 is 21.8 Å². The molecule has 0 amide bonds. The Morgan fingerprint density at radius 3 is 2.76 bits per heavy atom. The molecule has 2 atom stereocenters. The van der Waals surface area contributed by atoms with Gasteiger partial charge in [0, 0.05) is 29.1 Å². The zero-order valence-corrected chi connectivity index (χ0v) is 14.4. The smallest absolute Gasteiger partial charge is 0.260 e. The number of H-pyrrole nitrogens is 1. The van der Waals surface area contributed by atoms with Crippen molar-refractivity contribution in [2.24, 2.45) is 0 Å². The Hall–Kier alpha value is -0.570. The van der Waals surface area contributed by atoms with Crippen LogP contribution >= 0.6 is 11.8 Å². The van der Waals surface area contributed by atoms with Gasteiger partial charge in [-0.05, 0) is 33.1 Å². The van der Waals surface area contributed by atoms with Crippen molar-refractivity contribution in [1.82, 2.24) is 20.2 Å². The minimum absolute atomic E-state index is 0.00167. The van der Waals surface area contributed by atoms with Crippen molar-refractivity contribution in [3.05, 3.63) is 11.3 Å². The lowest BCUT2D eigenvalue weighted by molar-refractivity contribution is 0.422. The summed E-state index contributed by atoms with van der Waals surface area (Å²) in [6.45, 7) is 2.32. The SMILES string of the molecule is CNCc1c(S(=O)(=O)NC2CCCCC2SC)n[nH]c1C. The number of hydrogen-bond donors (Lipinski definition) is 3. The summed E-state index contributed by atoms with van der Waals surface area (Å²) >= 11 is 1.74. The van der Waals surface area contributed by atoms with E-state index in [9.17, 15) is 8.42 Å². The molecular weight excluding hydrogens is 308 g/mol. The molecule has 21 heavy (non-hydrogen) atoms. The van der Waals surface area contributed by atoms with Gasteiger partial charge in [-0.15, -0.1) is 0 Å². The van der Waals surface area contributed by atoms with Crippen LogP contribution in [-0.4, -0.2) is 43.2 Å². The molecule has 0 aromatic carbocycles. The van der Waals surface area contributed by atoms with Gasteiger partial charge in [-0.2, -0.15) is 16.9 Å². The van der Waals surface area contributed by atoms with E-state index >= 15 is 0 Å². The standard InChI is InChI=1S/C13H24N4O2S2/c1-9-10(8-14-2)13(16-15-9)21(18,19)17-11-6-4-5-7-12(11)20-3/h11-12,14,17H,4-8H2,1-3H3,(H,15,16). The maximum absolute atomic E-state index is 12.6. The molecule has 1 aromatic rings. The Labute approximate surface area is 130 Å². The molecule has 1 fully saturated rings. The van der Waals surface area contributed by atoms with Gasteiger partial charge in [0.1, 0.15) is 0 Å². The van der Waals surface area contributed by atoms with Crippen LogP contribution in [0.2, 0.25) is 0 Å². The van der Waals surface area contributed by atoms with Gasteiger partial charge in [-0.1, -0.05) is 12.8 Å². The number of aryl methyl sites for hydroxylation is 1. The Morgan fingerprint density at radius 1 is 1.38 bits per heavy atom. The molecule has 1 saturated carbocycles. The van der Waals surface area contributed by atoms with E-state index in [4.69, 9.17) is 0 Å². The minimum atomic E-state index is -3.58. The van der Waals surface area contributed by atoms with E-state index < -0.39 is 10.0 Å². The number of nitrogens with zero attached hydrogens (tertiary/aromatic N) is 1. The van der Waals surface area contributed by atoms with Crippen molar-refractivity contribution in [2.75, 3.05) is 13.3 Å².